The van der Waals surface area contributed by atoms with Gasteiger partial charge in [-0.15, -0.1) is 0 Å². The number of methoxy groups -OCH3 is 1. The minimum atomic E-state index is 0.483. The van der Waals surface area contributed by atoms with E-state index in [9.17, 15) is 0 Å². The van der Waals surface area contributed by atoms with E-state index in [1.165, 1.54) is 5.56 Å². The van der Waals surface area contributed by atoms with Gasteiger partial charge in [-0.05, 0) is 42.8 Å². The standard InChI is InChI=1S/C14H18N2OS/c1-8(2)10-5-6-12(17-4)11(7-10)13-9(3)15-14(18)16-13/h5-8H,1-4H3,(H2,15,16,18). The lowest BCUT2D eigenvalue weighted by Crippen LogP contribution is -1.94. The fraction of sp³-hybridized carbons (Fsp3) is 0.357. The predicted molar refractivity (Wildman–Crippen MR) is 76.8 cm³/mol. The van der Waals surface area contributed by atoms with Crippen molar-refractivity contribution < 1.29 is 4.74 Å². The van der Waals surface area contributed by atoms with Gasteiger partial charge < -0.3 is 14.7 Å². The monoisotopic (exact) mass is 262 g/mol. The molecule has 18 heavy (non-hydrogen) atoms. The quantitative estimate of drug-likeness (QED) is 0.815. The normalized spacial score (nSPS) is 10.9. The maximum Gasteiger partial charge on any atom is 0.175 e. The molecule has 0 saturated heterocycles. The van der Waals surface area contributed by atoms with Crippen LogP contribution in [0.5, 0.6) is 5.75 Å². The average Bonchev–Trinajstić information content (AvgIpc) is 2.67. The van der Waals surface area contributed by atoms with Crippen LogP contribution in [-0.2, 0) is 0 Å². The molecule has 0 fully saturated rings. The first kappa shape index (κ1) is 12.9. The summed E-state index contributed by atoms with van der Waals surface area (Å²) in [6.07, 6.45) is 0. The molecule has 1 heterocycles. The average molecular weight is 262 g/mol. The molecule has 96 valence electrons. The van der Waals surface area contributed by atoms with Gasteiger partial charge in [0.25, 0.3) is 0 Å². The first-order valence-corrected chi connectivity index (χ1v) is 6.41. The fourth-order valence-corrected chi connectivity index (χ4v) is 2.28. The number of aryl methyl sites for hydroxylation is 1. The van der Waals surface area contributed by atoms with Crippen molar-refractivity contribution in [1.82, 2.24) is 9.97 Å². The van der Waals surface area contributed by atoms with Gasteiger partial charge in [0, 0.05) is 11.3 Å². The van der Waals surface area contributed by atoms with Gasteiger partial charge in [-0.25, -0.2) is 0 Å². The van der Waals surface area contributed by atoms with E-state index in [-0.39, 0.29) is 0 Å². The lowest BCUT2D eigenvalue weighted by atomic mass is 9.98. The van der Waals surface area contributed by atoms with E-state index < -0.39 is 0 Å². The van der Waals surface area contributed by atoms with Gasteiger partial charge in [0.1, 0.15) is 5.75 Å². The van der Waals surface area contributed by atoms with Crippen molar-refractivity contribution in [3.63, 3.8) is 0 Å². The summed E-state index contributed by atoms with van der Waals surface area (Å²) in [6.45, 7) is 6.36. The Morgan fingerprint density at radius 2 is 1.94 bits per heavy atom. The number of hydrogen-bond donors (Lipinski definition) is 2. The Morgan fingerprint density at radius 3 is 2.44 bits per heavy atom. The molecule has 2 rings (SSSR count). The second-order valence-electron chi connectivity index (χ2n) is 4.69. The molecule has 0 atom stereocenters. The molecule has 1 aromatic heterocycles. The Labute approximate surface area is 112 Å². The van der Waals surface area contributed by atoms with E-state index in [0.29, 0.717) is 10.7 Å². The van der Waals surface area contributed by atoms with Crippen molar-refractivity contribution in [2.75, 3.05) is 7.11 Å². The number of aromatic nitrogens is 2. The summed E-state index contributed by atoms with van der Waals surface area (Å²) < 4.78 is 6.07. The van der Waals surface area contributed by atoms with Crippen LogP contribution in [0, 0.1) is 11.7 Å². The highest BCUT2D eigenvalue weighted by molar-refractivity contribution is 7.71. The zero-order valence-electron chi connectivity index (χ0n) is 11.1. The summed E-state index contributed by atoms with van der Waals surface area (Å²) in [6, 6.07) is 6.27. The third-order valence-electron chi connectivity index (χ3n) is 3.07. The van der Waals surface area contributed by atoms with E-state index in [4.69, 9.17) is 17.0 Å². The number of rotatable bonds is 3. The molecule has 0 aliphatic carbocycles. The second-order valence-corrected chi connectivity index (χ2v) is 5.10. The van der Waals surface area contributed by atoms with E-state index in [1.807, 2.05) is 13.0 Å². The maximum absolute atomic E-state index is 5.43. The van der Waals surface area contributed by atoms with Gasteiger partial charge in [-0.1, -0.05) is 19.9 Å². The molecule has 0 aliphatic heterocycles. The zero-order chi connectivity index (χ0) is 13.3. The minimum Gasteiger partial charge on any atom is -0.496 e. The first-order chi connectivity index (χ1) is 8.52. The molecule has 0 bridgehead atoms. The van der Waals surface area contributed by atoms with Crippen LogP contribution in [-0.4, -0.2) is 17.1 Å². The van der Waals surface area contributed by atoms with Crippen LogP contribution in [0.25, 0.3) is 11.3 Å². The second kappa shape index (κ2) is 4.98. The van der Waals surface area contributed by atoms with Gasteiger partial charge in [-0.2, -0.15) is 0 Å². The molecule has 0 aliphatic rings. The summed E-state index contributed by atoms with van der Waals surface area (Å²) in [5, 5.41) is 0. The van der Waals surface area contributed by atoms with E-state index >= 15 is 0 Å². The third-order valence-corrected chi connectivity index (χ3v) is 3.28. The predicted octanol–water partition coefficient (Wildman–Crippen LogP) is 4.18. The largest absolute Gasteiger partial charge is 0.496 e. The highest BCUT2D eigenvalue weighted by Gasteiger charge is 2.12. The van der Waals surface area contributed by atoms with Crippen LogP contribution in [0.4, 0.5) is 0 Å². The zero-order valence-corrected chi connectivity index (χ0v) is 11.9. The lowest BCUT2D eigenvalue weighted by Gasteiger charge is -2.12. The first-order valence-electron chi connectivity index (χ1n) is 6.00. The van der Waals surface area contributed by atoms with Crippen LogP contribution in [0.3, 0.4) is 0 Å². The summed E-state index contributed by atoms with van der Waals surface area (Å²) in [5.41, 5.74) is 4.36. The Bertz CT molecular complexity index is 610. The van der Waals surface area contributed by atoms with Crippen molar-refractivity contribution in [2.24, 2.45) is 0 Å². The van der Waals surface area contributed by atoms with Gasteiger partial charge in [0.2, 0.25) is 0 Å². The number of hydrogen-bond acceptors (Lipinski definition) is 2. The van der Waals surface area contributed by atoms with E-state index in [0.717, 1.165) is 22.7 Å². The SMILES string of the molecule is COc1ccc(C(C)C)cc1-c1[nH]c(=S)[nH]c1C. The Hall–Kier alpha value is -1.55. The summed E-state index contributed by atoms with van der Waals surface area (Å²) in [5.74, 6) is 1.34. The smallest absolute Gasteiger partial charge is 0.175 e. The van der Waals surface area contributed by atoms with Crippen molar-refractivity contribution in [1.29, 1.82) is 0 Å². The van der Waals surface area contributed by atoms with Gasteiger partial charge >= 0.3 is 0 Å². The molecule has 0 saturated carbocycles. The molecule has 2 aromatic rings. The van der Waals surface area contributed by atoms with Crippen molar-refractivity contribution in [3.05, 3.63) is 34.2 Å². The van der Waals surface area contributed by atoms with Gasteiger partial charge in [0.05, 0.1) is 12.8 Å². The highest BCUT2D eigenvalue weighted by atomic mass is 32.1. The Morgan fingerprint density at radius 1 is 1.22 bits per heavy atom. The molecule has 4 heteroatoms. The molecular formula is C14H18N2OS. The van der Waals surface area contributed by atoms with Crippen LogP contribution < -0.4 is 4.74 Å². The summed E-state index contributed by atoms with van der Waals surface area (Å²) in [7, 11) is 1.68. The third kappa shape index (κ3) is 2.34. The molecule has 0 spiro atoms. The van der Waals surface area contributed by atoms with Crippen LogP contribution in [0.2, 0.25) is 0 Å². The number of benzene rings is 1. The van der Waals surface area contributed by atoms with Crippen molar-refractivity contribution >= 4 is 12.2 Å². The number of aromatic amines is 2. The number of ether oxygens (including phenoxy) is 1. The fourth-order valence-electron chi connectivity index (χ4n) is 2.02. The van der Waals surface area contributed by atoms with Gasteiger partial charge in [0.15, 0.2) is 4.77 Å². The summed E-state index contributed by atoms with van der Waals surface area (Å²) >= 11 is 5.13. The van der Waals surface area contributed by atoms with Crippen molar-refractivity contribution in [2.45, 2.75) is 26.7 Å². The molecular weight excluding hydrogens is 244 g/mol. The minimum absolute atomic E-state index is 0.483. The number of H-pyrrole nitrogens is 2. The molecule has 2 N–H and O–H groups in total. The molecule has 1 aromatic carbocycles. The molecule has 3 nitrogen and oxygen atoms in total. The number of nitrogens with one attached hydrogen (secondary N) is 2. The van der Waals surface area contributed by atoms with Crippen molar-refractivity contribution in [3.8, 4) is 17.0 Å². The molecule has 0 amide bonds. The molecule has 0 unspecified atom stereocenters. The maximum atomic E-state index is 5.43. The highest BCUT2D eigenvalue weighted by Crippen LogP contribution is 2.33. The van der Waals surface area contributed by atoms with Gasteiger partial charge in [-0.3, -0.25) is 0 Å². The van der Waals surface area contributed by atoms with Crippen LogP contribution >= 0.6 is 12.2 Å². The lowest BCUT2D eigenvalue weighted by molar-refractivity contribution is 0.416. The van der Waals surface area contributed by atoms with E-state index in [1.54, 1.807) is 7.11 Å². The summed E-state index contributed by atoms with van der Waals surface area (Å²) in [4.78, 5) is 6.29. The number of imidazole rings is 1. The molecule has 0 radical (unpaired) electrons. The van der Waals surface area contributed by atoms with E-state index in [2.05, 4.69) is 35.9 Å². The topological polar surface area (TPSA) is 40.8 Å². The van der Waals surface area contributed by atoms with Crippen LogP contribution in [0.15, 0.2) is 18.2 Å². The van der Waals surface area contributed by atoms with Crippen LogP contribution in [0.1, 0.15) is 31.0 Å². The Kier molecular flexibility index (Phi) is 3.57. The Balaban J connectivity index is 2.64.